The number of carbonyl (C=O) groups excluding carboxylic acids is 1. The van der Waals surface area contributed by atoms with Crippen molar-refractivity contribution in [3.8, 4) is 0 Å². The summed E-state index contributed by atoms with van der Waals surface area (Å²) in [6.45, 7) is 3.73. The number of aryl methyl sites for hydroxylation is 1. The third-order valence-corrected chi connectivity index (χ3v) is 4.84. The molecule has 2 rings (SSSR count). The maximum Gasteiger partial charge on any atom is 0.276 e. The van der Waals surface area contributed by atoms with Gasteiger partial charge in [-0.3, -0.25) is 9.63 Å². The molecule has 1 unspecified atom stereocenters. The van der Waals surface area contributed by atoms with Crippen molar-refractivity contribution in [1.82, 2.24) is 5.48 Å². The van der Waals surface area contributed by atoms with E-state index in [0.29, 0.717) is 12.1 Å². The second-order valence-corrected chi connectivity index (χ2v) is 7.91. The average molecular weight is 537 g/mol. The molecule has 140 valence electrons. The Kier molecular flexibility index (Phi) is 7.81. The summed E-state index contributed by atoms with van der Waals surface area (Å²) in [6.07, 6.45) is -0.131. The quantitative estimate of drug-likeness (QED) is 0.273. The normalized spacial score (nSPS) is 11.9. The molecule has 1 amide bonds. The lowest BCUT2D eigenvalue weighted by atomic mass is 10.1. The van der Waals surface area contributed by atoms with Crippen LogP contribution < -0.4 is 10.8 Å². The van der Waals surface area contributed by atoms with Gasteiger partial charge in [-0.05, 0) is 94.7 Å². The van der Waals surface area contributed by atoms with Crippen molar-refractivity contribution in [1.29, 1.82) is 0 Å². The highest BCUT2D eigenvalue weighted by Crippen LogP contribution is 2.29. The summed E-state index contributed by atoms with van der Waals surface area (Å²) in [4.78, 5) is 17.5. The minimum Gasteiger partial charge on any atom is -0.393 e. The number of amides is 1. The average Bonchev–Trinajstić information content (AvgIpc) is 2.56. The summed E-state index contributed by atoms with van der Waals surface area (Å²) in [7, 11) is 0. The Morgan fingerprint density at radius 2 is 2.08 bits per heavy atom. The van der Waals surface area contributed by atoms with E-state index in [9.17, 15) is 14.3 Å². The van der Waals surface area contributed by atoms with Gasteiger partial charge in [0.05, 0.1) is 28.4 Å². The van der Waals surface area contributed by atoms with Gasteiger partial charge in [-0.15, -0.1) is 0 Å². The molecule has 0 aliphatic carbocycles. The predicted molar refractivity (Wildman–Crippen MR) is 111 cm³/mol. The van der Waals surface area contributed by atoms with Crippen molar-refractivity contribution in [2.45, 2.75) is 26.4 Å². The summed E-state index contributed by atoms with van der Waals surface area (Å²) in [5.74, 6) is -0.996. The topological polar surface area (TPSA) is 70.6 Å². The lowest BCUT2D eigenvalue weighted by molar-refractivity contribution is 0.0187. The highest BCUT2D eigenvalue weighted by Gasteiger charge is 2.16. The van der Waals surface area contributed by atoms with E-state index in [1.807, 2.05) is 25.1 Å². The minimum absolute atomic E-state index is 0.171. The second kappa shape index (κ2) is 9.63. The first kappa shape index (κ1) is 21.1. The number of anilines is 2. The second-order valence-electron chi connectivity index (χ2n) is 5.81. The Bertz CT molecular complexity index is 802. The third kappa shape index (κ3) is 5.90. The van der Waals surface area contributed by atoms with Crippen LogP contribution in [0, 0.1) is 16.3 Å². The lowest BCUT2D eigenvalue weighted by Crippen LogP contribution is -2.26. The SMILES string of the molecule is Cc1cc(I)ccc1Nc1cc(F)c(Br)cc1C(=O)NOCCC(C)O. The number of hydrogen-bond donors (Lipinski definition) is 3. The molecule has 0 saturated heterocycles. The van der Waals surface area contributed by atoms with Crippen LogP contribution in [0.2, 0.25) is 0 Å². The third-order valence-electron chi connectivity index (χ3n) is 3.57. The summed E-state index contributed by atoms with van der Waals surface area (Å²) < 4.78 is 15.3. The van der Waals surface area contributed by atoms with Crippen LogP contribution in [0.3, 0.4) is 0 Å². The molecule has 0 aliphatic heterocycles. The molecule has 26 heavy (non-hydrogen) atoms. The van der Waals surface area contributed by atoms with Gasteiger partial charge in [0.15, 0.2) is 0 Å². The van der Waals surface area contributed by atoms with Crippen LogP contribution in [-0.4, -0.2) is 23.7 Å². The van der Waals surface area contributed by atoms with Crippen LogP contribution in [0.5, 0.6) is 0 Å². The Morgan fingerprint density at radius 3 is 2.73 bits per heavy atom. The fraction of sp³-hybridized carbons (Fsp3) is 0.278. The smallest absolute Gasteiger partial charge is 0.276 e. The lowest BCUT2D eigenvalue weighted by Gasteiger charge is -2.15. The Morgan fingerprint density at radius 1 is 1.35 bits per heavy atom. The first-order valence-corrected chi connectivity index (χ1v) is 9.77. The summed E-state index contributed by atoms with van der Waals surface area (Å²) in [6, 6.07) is 8.43. The standard InChI is InChI=1S/C18H19BrFIN2O3/c1-10-7-12(21)3-4-16(10)22-17-9-15(20)14(19)8-13(17)18(25)23-26-6-5-11(2)24/h3-4,7-9,11,22,24H,5-6H2,1-2H3,(H,23,25). The maximum atomic E-state index is 14.0. The van der Waals surface area contributed by atoms with E-state index in [4.69, 9.17) is 4.84 Å². The van der Waals surface area contributed by atoms with Crippen LogP contribution in [0.4, 0.5) is 15.8 Å². The van der Waals surface area contributed by atoms with Crippen molar-refractivity contribution >= 4 is 55.8 Å². The molecule has 0 radical (unpaired) electrons. The van der Waals surface area contributed by atoms with Gasteiger partial charge in [0, 0.05) is 9.26 Å². The number of nitrogens with one attached hydrogen (secondary N) is 2. The van der Waals surface area contributed by atoms with Gasteiger partial charge < -0.3 is 10.4 Å². The summed E-state index contributed by atoms with van der Waals surface area (Å²) in [5.41, 5.74) is 4.62. The molecule has 0 heterocycles. The van der Waals surface area contributed by atoms with Crippen molar-refractivity contribution in [2.24, 2.45) is 0 Å². The van der Waals surface area contributed by atoms with Gasteiger partial charge >= 0.3 is 0 Å². The first-order valence-electron chi connectivity index (χ1n) is 7.90. The zero-order chi connectivity index (χ0) is 19.3. The minimum atomic E-state index is -0.520. The molecule has 3 N–H and O–H groups in total. The summed E-state index contributed by atoms with van der Waals surface area (Å²) in [5, 5.41) is 12.3. The number of carbonyl (C=O) groups is 1. The highest BCUT2D eigenvalue weighted by atomic mass is 127. The van der Waals surface area contributed by atoms with Crippen molar-refractivity contribution in [2.75, 3.05) is 11.9 Å². The predicted octanol–water partition coefficient (Wildman–Crippen LogP) is 4.68. The number of hydroxylamine groups is 1. The van der Waals surface area contributed by atoms with E-state index in [1.165, 1.54) is 12.1 Å². The Hall–Kier alpha value is -1.23. The van der Waals surface area contributed by atoms with Crippen molar-refractivity contribution < 1.29 is 19.1 Å². The fourth-order valence-electron chi connectivity index (χ4n) is 2.15. The van der Waals surface area contributed by atoms with Crippen molar-refractivity contribution in [3.63, 3.8) is 0 Å². The molecule has 2 aromatic carbocycles. The van der Waals surface area contributed by atoms with E-state index in [-0.39, 0.29) is 16.6 Å². The van der Waals surface area contributed by atoms with Crippen molar-refractivity contribution in [3.05, 3.63) is 55.3 Å². The number of halogens is 3. The van der Waals surface area contributed by atoms with Crippen LogP contribution in [0.25, 0.3) is 0 Å². The van der Waals surface area contributed by atoms with Crippen LogP contribution in [0.15, 0.2) is 34.8 Å². The number of hydrogen-bond acceptors (Lipinski definition) is 4. The number of aliphatic hydroxyl groups is 1. The van der Waals surface area contributed by atoms with Crippen LogP contribution >= 0.6 is 38.5 Å². The molecule has 8 heteroatoms. The Balaban J connectivity index is 2.22. The van der Waals surface area contributed by atoms with Crippen LogP contribution in [-0.2, 0) is 4.84 Å². The molecule has 5 nitrogen and oxygen atoms in total. The first-order chi connectivity index (χ1) is 12.3. The molecule has 0 spiro atoms. The zero-order valence-corrected chi connectivity index (χ0v) is 18.0. The molecular formula is C18H19BrFIN2O3. The Labute approximate surface area is 173 Å². The van der Waals surface area contributed by atoms with Crippen LogP contribution in [0.1, 0.15) is 29.3 Å². The molecule has 0 aromatic heterocycles. The van der Waals surface area contributed by atoms with E-state index in [2.05, 4.69) is 49.3 Å². The van der Waals surface area contributed by atoms with Gasteiger partial charge in [0.2, 0.25) is 0 Å². The van der Waals surface area contributed by atoms with E-state index < -0.39 is 17.8 Å². The molecule has 0 fully saturated rings. The number of aliphatic hydroxyl groups excluding tert-OH is 1. The molecule has 0 bridgehead atoms. The number of benzene rings is 2. The van der Waals surface area contributed by atoms with Gasteiger partial charge in [0.25, 0.3) is 5.91 Å². The molecule has 2 aromatic rings. The largest absolute Gasteiger partial charge is 0.393 e. The fourth-order valence-corrected chi connectivity index (χ4v) is 3.14. The van der Waals surface area contributed by atoms with E-state index >= 15 is 0 Å². The molecular weight excluding hydrogens is 518 g/mol. The zero-order valence-electron chi connectivity index (χ0n) is 14.3. The highest BCUT2D eigenvalue weighted by molar-refractivity contribution is 14.1. The van der Waals surface area contributed by atoms with E-state index in [1.54, 1.807) is 6.92 Å². The molecule has 0 aliphatic rings. The van der Waals surface area contributed by atoms with Gasteiger partial charge in [-0.2, -0.15) is 0 Å². The molecule has 1 atom stereocenters. The van der Waals surface area contributed by atoms with Gasteiger partial charge in [0.1, 0.15) is 5.82 Å². The number of rotatable bonds is 7. The summed E-state index contributed by atoms with van der Waals surface area (Å²) >= 11 is 5.31. The molecule has 0 saturated carbocycles. The van der Waals surface area contributed by atoms with E-state index in [0.717, 1.165) is 14.8 Å². The van der Waals surface area contributed by atoms with Gasteiger partial charge in [-0.1, -0.05) is 0 Å². The van der Waals surface area contributed by atoms with Gasteiger partial charge in [-0.25, -0.2) is 9.87 Å². The monoisotopic (exact) mass is 536 g/mol. The maximum absolute atomic E-state index is 14.0.